The molecule has 0 bridgehead atoms. The molecule has 1 aromatic carbocycles. The summed E-state index contributed by atoms with van der Waals surface area (Å²) in [5.74, 6) is 1.75. The van der Waals surface area contributed by atoms with Crippen LogP contribution >= 0.6 is 11.8 Å². The van der Waals surface area contributed by atoms with Crippen LogP contribution < -0.4 is 9.47 Å². The Hall–Kier alpha value is -2.85. The summed E-state index contributed by atoms with van der Waals surface area (Å²) in [5.41, 5.74) is 3.50. The second-order valence-electron chi connectivity index (χ2n) is 7.65. The highest BCUT2D eigenvalue weighted by molar-refractivity contribution is 7.99. The number of Topliss-reactive ketones (excluding diaryl/α,β-unsaturated/α-hetero) is 1. The summed E-state index contributed by atoms with van der Waals surface area (Å²) >= 11 is 1.35. The maximum atomic E-state index is 13.0. The van der Waals surface area contributed by atoms with E-state index in [0.29, 0.717) is 23.0 Å². The topological polar surface area (TPSA) is 93.3 Å². The molecule has 0 amide bonds. The van der Waals surface area contributed by atoms with Crippen molar-refractivity contribution >= 4 is 17.5 Å². The summed E-state index contributed by atoms with van der Waals surface area (Å²) in [4.78, 5) is 13.0. The largest absolute Gasteiger partial charge is 0.454 e. The summed E-state index contributed by atoms with van der Waals surface area (Å²) in [5, 5.41) is 12.5. The lowest BCUT2D eigenvalue weighted by Gasteiger charge is -2.11. The molecule has 0 aliphatic carbocycles. The Morgan fingerprint density at radius 1 is 1.23 bits per heavy atom. The Morgan fingerprint density at radius 3 is 2.94 bits per heavy atom. The van der Waals surface area contributed by atoms with Gasteiger partial charge < -0.3 is 18.8 Å². The van der Waals surface area contributed by atoms with E-state index in [1.807, 2.05) is 38.1 Å². The zero-order valence-corrected chi connectivity index (χ0v) is 18.2. The molecule has 2 aromatic heterocycles. The van der Waals surface area contributed by atoms with Crippen LogP contribution in [0.25, 0.3) is 5.69 Å². The highest BCUT2D eigenvalue weighted by Crippen LogP contribution is 2.35. The molecular formula is C21H23N5O4S. The van der Waals surface area contributed by atoms with Gasteiger partial charge in [0.15, 0.2) is 17.3 Å². The van der Waals surface area contributed by atoms with Gasteiger partial charge in [-0.05, 0) is 55.3 Å². The zero-order chi connectivity index (χ0) is 21.4. The first-order valence-electron chi connectivity index (χ1n) is 10.2. The van der Waals surface area contributed by atoms with Gasteiger partial charge in [0.2, 0.25) is 11.9 Å². The van der Waals surface area contributed by atoms with Gasteiger partial charge in [0.25, 0.3) is 0 Å². The van der Waals surface area contributed by atoms with E-state index in [1.54, 1.807) is 4.68 Å². The zero-order valence-electron chi connectivity index (χ0n) is 17.4. The van der Waals surface area contributed by atoms with E-state index in [-0.39, 0.29) is 24.4 Å². The maximum absolute atomic E-state index is 13.0. The predicted octanol–water partition coefficient (Wildman–Crippen LogP) is 2.96. The van der Waals surface area contributed by atoms with Crippen LogP contribution in [0.5, 0.6) is 11.5 Å². The molecule has 9 nitrogen and oxygen atoms in total. The number of thioether (sulfide) groups is 1. The molecule has 1 atom stereocenters. The number of fused-ring (bicyclic) bond motifs is 1. The van der Waals surface area contributed by atoms with E-state index >= 15 is 0 Å². The third kappa shape index (κ3) is 3.92. The number of ether oxygens (including phenoxy) is 3. The van der Waals surface area contributed by atoms with E-state index in [4.69, 9.17) is 14.2 Å². The number of hydrogen-bond donors (Lipinski definition) is 0. The van der Waals surface area contributed by atoms with Crippen molar-refractivity contribution in [1.29, 1.82) is 0 Å². The fourth-order valence-corrected chi connectivity index (χ4v) is 4.84. The summed E-state index contributed by atoms with van der Waals surface area (Å²) in [6, 6.07) is 7.72. The first kappa shape index (κ1) is 20.1. The van der Waals surface area contributed by atoms with Gasteiger partial charge in [-0.1, -0.05) is 11.8 Å². The molecule has 2 aliphatic rings. The molecule has 0 spiro atoms. The number of aryl methyl sites for hydroxylation is 1. The fourth-order valence-electron chi connectivity index (χ4n) is 4.07. The van der Waals surface area contributed by atoms with Gasteiger partial charge in [0.1, 0.15) is 0 Å². The number of carbonyl (C=O) groups is 1. The molecule has 10 heteroatoms. The van der Waals surface area contributed by atoms with Crippen LogP contribution in [0.15, 0.2) is 29.4 Å². The molecule has 0 saturated carbocycles. The normalized spacial score (nSPS) is 17.4. The summed E-state index contributed by atoms with van der Waals surface area (Å²) in [6.07, 6.45) is 2.21. The second-order valence-corrected chi connectivity index (χ2v) is 8.59. The third-order valence-electron chi connectivity index (χ3n) is 5.58. The van der Waals surface area contributed by atoms with Gasteiger partial charge in [0, 0.05) is 35.3 Å². The van der Waals surface area contributed by atoms with Crippen LogP contribution in [0.3, 0.4) is 0 Å². The van der Waals surface area contributed by atoms with Gasteiger partial charge in [-0.3, -0.25) is 4.79 Å². The lowest BCUT2D eigenvalue weighted by atomic mass is 10.2. The minimum atomic E-state index is 0.0387. The number of rotatable bonds is 7. The number of carbonyl (C=O) groups excluding carboxylic acids is 1. The molecular weight excluding hydrogens is 418 g/mol. The molecule has 31 heavy (non-hydrogen) atoms. The quantitative estimate of drug-likeness (QED) is 0.408. The standard InChI is InChI=1S/C21H23N5O4S/c1-13-8-17(14(2)26(13)15-5-6-19-20(9-15)30-12-29-19)18(27)11-31-21-22-23-24-25(21)10-16-4-3-7-28-16/h5-6,8-9,16H,3-4,7,10-12H2,1-2H3. The van der Waals surface area contributed by atoms with Crippen molar-refractivity contribution in [2.24, 2.45) is 0 Å². The second kappa shape index (κ2) is 8.35. The Kier molecular flexibility index (Phi) is 5.41. The first-order chi connectivity index (χ1) is 15.1. The van der Waals surface area contributed by atoms with Crippen LogP contribution in [-0.4, -0.2) is 55.8 Å². The van der Waals surface area contributed by atoms with Gasteiger partial charge in [0.05, 0.1) is 18.4 Å². The van der Waals surface area contributed by atoms with E-state index in [9.17, 15) is 4.79 Å². The average Bonchev–Trinajstić information content (AvgIpc) is 3.54. The van der Waals surface area contributed by atoms with Gasteiger partial charge in [-0.15, -0.1) is 5.10 Å². The number of ketones is 1. The predicted molar refractivity (Wildman–Crippen MR) is 113 cm³/mol. The summed E-state index contributed by atoms with van der Waals surface area (Å²) < 4.78 is 20.3. The lowest BCUT2D eigenvalue weighted by Crippen LogP contribution is -2.17. The van der Waals surface area contributed by atoms with E-state index in [2.05, 4.69) is 20.1 Å². The Labute approximate surface area is 183 Å². The fraction of sp³-hybridized carbons (Fsp3) is 0.429. The Bertz CT molecular complexity index is 1120. The Balaban J connectivity index is 1.31. The SMILES string of the molecule is Cc1cc(C(=O)CSc2nnnn2CC2CCCO2)c(C)n1-c1ccc2c(c1)OCO2. The van der Waals surface area contributed by atoms with Crippen LogP contribution in [-0.2, 0) is 11.3 Å². The minimum Gasteiger partial charge on any atom is -0.454 e. The van der Waals surface area contributed by atoms with E-state index in [1.165, 1.54) is 11.8 Å². The molecule has 1 unspecified atom stereocenters. The molecule has 3 aromatic rings. The molecule has 2 aliphatic heterocycles. The molecule has 5 rings (SSSR count). The van der Waals surface area contributed by atoms with Gasteiger partial charge in [-0.25, -0.2) is 4.68 Å². The minimum absolute atomic E-state index is 0.0387. The number of nitrogens with zero attached hydrogens (tertiary/aromatic N) is 5. The van der Waals surface area contributed by atoms with Crippen LogP contribution in [0.1, 0.15) is 34.6 Å². The number of tetrazole rings is 1. The number of aromatic nitrogens is 5. The monoisotopic (exact) mass is 441 g/mol. The van der Waals surface area contributed by atoms with Gasteiger partial charge >= 0.3 is 0 Å². The molecule has 162 valence electrons. The molecule has 0 N–H and O–H groups in total. The van der Waals surface area contributed by atoms with Crippen LogP contribution in [0.4, 0.5) is 0 Å². The summed E-state index contributed by atoms with van der Waals surface area (Å²) in [7, 11) is 0. The molecule has 1 fully saturated rings. The van der Waals surface area contributed by atoms with Crippen molar-refractivity contribution in [3.63, 3.8) is 0 Å². The van der Waals surface area contributed by atoms with E-state index in [0.717, 1.165) is 42.3 Å². The molecule has 1 saturated heterocycles. The van der Waals surface area contributed by atoms with Crippen molar-refractivity contribution in [2.75, 3.05) is 19.2 Å². The highest BCUT2D eigenvalue weighted by Gasteiger charge is 2.22. The first-order valence-corrected chi connectivity index (χ1v) is 11.2. The van der Waals surface area contributed by atoms with E-state index < -0.39 is 0 Å². The van der Waals surface area contributed by atoms with Crippen molar-refractivity contribution in [3.8, 4) is 17.2 Å². The Morgan fingerprint density at radius 2 is 2.10 bits per heavy atom. The van der Waals surface area contributed by atoms with Crippen LogP contribution in [0, 0.1) is 13.8 Å². The van der Waals surface area contributed by atoms with Gasteiger partial charge in [-0.2, -0.15) is 0 Å². The maximum Gasteiger partial charge on any atom is 0.231 e. The number of benzene rings is 1. The van der Waals surface area contributed by atoms with Crippen molar-refractivity contribution < 1.29 is 19.0 Å². The van der Waals surface area contributed by atoms with Crippen LogP contribution in [0.2, 0.25) is 0 Å². The average molecular weight is 442 g/mol. The van der Waals surface area contributed by atoms with Crippen molar-refractivity contribution in [2.45, 2.75) is 44.5 Å². The third-order valence-corrected chi connectivity index (χ3v) is 6.53. The smallest absolute Gasteiger partial charge is 0.231 e. The molecule has 4 heterocycles. The van der Waals surface area contributed by atoms with Crippen molar-refractivity contribution in [3.05, 3.63) is 41.2 Å². The number of hydrogen-bond acceptors (Lipinski definition) is 8. The lowest BCUT2D eigenvalue weighted by molar-refractivity contribution is 0.0912. The molecule has 0 radical (unpaired) electrons. The van der Waals surface area contributed by atoms with Crippen molar-refractivity contribution in [1.82, 2.24) is 24.8 Å². The summed E-state index contributed by atoms with van der Waals surface area (Å²) in [6.45, 7) is 5.57. The highest BCUT2D eigenvalue weighted by atomic mass is 32.2.